The molecule has 4 aromatic rings. The molecule has 0 aliphatic rings. The van der Waals surface area contributed by atoms with E-state index < -0.39 is 5.25 Å². The van der Waals surface area contributed by atoms with E-state index in [9.17, 15) is 9.59 Å². The Kier molecular flexibility index (Phi) is 8.48. The lowest BCUT2D eigenvalue weighted by atomic mass is 10.1. The fourth-order valence-corrected chi connectivity index (χ4v) is 5.36. The summed E-state index contributed by atoms with van der Waals surface area (Å²) in [5, 5.41) is 11.7. The first-order valence-corrected chi connectivity index (χ1v) is 13.3. The van der Waals surface area contributed by atoms with Crippen LogP contribution in [0.4, 0.5) is 16.5 Å². The molecule has 0 saturated heterocycles. The minimum atomic E-state index is -0.462. The zero-order valence-corrected chi connectivity index (χ0v) is 22.1. The quantitative estimate of drug-likeness (QED) is 0.129. The molecular formula is C27H24N4O2S3. The highest BCUT2D eigenvalue weighted by molar-refractivity contribution is 8.00. The van der Waals surface area contributed by atoms with Crippen LogP contribution >= 0.6 is 35.3 Å². The topological polar surface area (TPSA) is 83.1 Å². The van der Waals surface area contributed by atoms with Crippen LogP contribution < -0.4 is 16.0 Å². The van der Waals surface area contributed by atoms with Crippen molar-refractivity contribution in [1.82, 2.24) is 4.98 Å². The van der Waals surface area contributed by atoms with Gasteiger partial charge < -0.3 is 16.0 Å². The molecule has 3 N–H and O–H groups in total. The highest BCUT2D eigenvalue weighted by Gasteiger charge is 2.23. The van der Waals surface area contributed by atoms with Crippen molar-refractivity contribution >= 4 is 68.6 Å². The third kappa shape index (κ3) is 7.00. The molecule has 1 amide bonds. The Morgan fingerprint density at radius 1 is 0.917 bits per heavy atom. The van der Waals surface area contributed by atoms with Gasteiger partial charge in [0.25, 0.3) is 0 Å². The van der Waals surface area contributed by atoms with Crippen LogP contribution in [0.15, 0.2) is 89.1 Å². The van der Waals surface area contributed by atoms with Gasteiger partial charge >= 0.3 is 0 Å². The molecule has 4 rings (SSSR count). The predicted octanol–water partition coefficient (Wildman–Crippen LogP) is 6.94. The van der Waals surface area contributed by atoms with E-state index in [4.69, 9.17) is 12.2 Å². The van der Waals surface area contributed by atoms with Crippen molar-refractivity contribution in [3.05, 3.63) is 101 Å². The number of carbonyl (C=O) groups is 2. The van der Waals surface area contributed by atoms with Gasteiger partial charge in [-0.05, 0) is 74.1 Å². The van der Waals surface area contributed by atoms with Crippen molar-refractivity contribution in [2.75, 3.05) is 16.0 Å². The number of hydrogen-bond acceptors (Lipinski definition) is 6. The minimum Gasteiger partial charge on any atom is -0.332 e. The number of thiocarbonyl (C=S) groups is 1. The summed E-state index contributed by atoms with van der Waals surface area (Å²) in [6.07, 6.45) is 0. The number of nitrogens with one attached hydrogen (secondary N) is 3. The second kappa shape index (κ2) is 11.9. The number of benzene rings is 3. The lowest BCUT2D eigenvalue weighted by molar-refractivity contribution is -0.115. The summed E-state index contributed by atoms with van der Waals surface area (Å²) in [5.74, 6) is -0.120. The Labute approximate surface area is 223 Å². The summed E-state index contributed by atoms with van der Waals surface area (Å²) in [4.78, 5) is 30.0. The van der Waals surface area contributed by atoms with Crippen LogP contribution in [0.1, 0.15) is 33.8 Å². The second-order valence-corrected chi connectivity index (χ2v) is 10.4. The lowest BCUT2D eigenvalue weighted by Gasteiger charge is -2.17. The van der Waals surface area contributed by atoms with Crippen LogP contribution in [0.2, 0.25) is 0 Å². The Bertz CT molecular complexity index is 1370. The summed E-state index contributed by atoms with van der Waals surface area (Å²) in [5.41, 5.74) is 3.99. The van der Waals surface area contributed by atoms with Crippen LogP contribution in [0, 0.1) is 6.92 Å². The summed E-state index contributed by atoms with van der Waals surface area (Å²) in [7, 11) is 0. The third-order valence-electron chi connectivity index (χ3n) is 5.08. The Hall–Kier alpha value is -3.53. The van der Waals surface area contributed by atoms with Crippen molar-refractivity contribution < 1.29 is 9.59 Å². The normalized spacial score (nSPS) is 11.4. The Morgan fingerprint density at radius 3 is 2.31 bits per heavy atom. The van der Waals surface area contributed by atoms with Gasteiger partial charge in [0, 0.05) is 27.2 Å². The predicted molar refractivity (Wildman–Crippen MR) is 153 cm³/mol. The first kappa shape index (κ1) is 25.6. The molecule has 182 valence electrons. The summed E-state index contributed by atoms with van der Waals surface area (Å²) >= 11 is 8.32. The number of carbonyl (C=O) groups excluding carboxylic acids is 2. The van der Waals surface area contributed by atoms with E-state index in [0.29, 0.717) is 15.8 Å². The molecule has 9 heteroatoms. The van der Waals surface area contributed by atoms with Crippen molar-refractivity contribution in [3.63, 3.8) is 0 Å². The second-order valence-electron chi connectivity index (χ2n) is 7.93. The maximum atomic E-state index is 13.2. The van der Waals surface area contributed by atoms with Crippen molar-refractivity contribution in [1.29, 1.82) is 0 Å². The molecule has 0 bridgehead atoms. The first-order chi connectivity index (χ1) is 17.4. The van der Waals surface area contributed by atoms with E-state index in [1.165, 1.54) is 30.0 Å². The molecule has 3 aromatic carbocycles. The monoisotopic (exact) mass is 532 g/mol. The zero-order valence-electron chi connectivity index (χ0n) is 19.6. The highest BCUT2D eigenvalue weighted by atomic mass is 32.2. The molecule has 1 heterocycles. The zero-order chi connectivity index (χ0) is 25.5. The number of thiazole rings is 1. The van der Waals surface area contributed by atoms with Gasteiger partial charge in [-0.15, -0.1) is 23.1 Å². The Balaban J connectivity index is 1.46. The van der Waals surface area contributed by atoms with Gasteiger partial charge in [0.1, 0.15) is 5.25 Å². The van der Waals surface area contributed by atoms with Crippen molar-refractivity contribution in [2.45, 2.75) is 24.0 Å². The van der Waals surface area contributed by atoms with Gasteiger partial charge in [-0.3, -0.25) is 9.59 Å². The number of amides is 1. The molecule has 1 unspecified atom stereocenters. The smallest absolute Gasteiger partial charge is 0.244 e. The molecule has 0 saturated carbocycles. The SMILES string of the molecule is CC(=O)c1ccc(NC(=S)Nc2cccc(SC(C(=O)Nc3nc(C)cs3)c3ccccc3)c2)cc1. The van der Waals surface area contributed by atoms with E-state index in [2.05, 4.69) is 20.9 Å². The lowest BCUT2D eigenvalue weighted by Crippen LogP contribution is -2.19. The first-order valence-electron chi connectivity index (χ1n) is 11.1. The van der Waals surface area contributed by atoms with Gasteiger partial charge in [0.05, 0.1) is 5.69 Å². The molecule has 36 heavy (non-hydrogen) atoms. The highest BCUT2D eigenvalue weighted by Crippen LogP contribution is 2.37. The molecule has 0 aliphatic heterocycles. The largest absolute Gasteiger partial charge is 0.332 e. The van der Waals surface area contributed by atoms with Crippen LogP contribution in [0.25, 0.3) is 0 Å². The average Bonchev–Trinajstić information content (AvgIpc) is 3.27. The molecule has 0 aliphatic carbocycles. The summed E-state index contributed by atoms with van der Waals surface area (Å²) < 4.78 is 0. The van der Waals surface area contributed by atoms with Gasteiger partial charge in [-0.1, -0.05) is 36.4 Å². The number of aryl methyl sites for hydroxylation is 1. The number of thioether (sulfide) groups is 1. The molecule has 0 radical (unpaired) electrons. The fraction of sp³-hybridized carbons (Fsp3) is 0.111. The van der Waals surface area contributed by atoms with E-state index >= 15 is 0 Å². The average molecular weight is 533 g/mol. The van der Waals surface area contributed by atoms with E-state index in [1.54, 1.807) is 12.1 Å². The number of ketones is 1. The number of hydrogen-bond donors (Lipinski definition) is 3. The fourth-order valence-electron chi connectivity index (χ4n) is 3.35. The van der Waals surface area contributed by atoms with Gasteiger partial charge in [0.2, 0.25) is 5.91 Å². The van der Waals surface area contributed by atoms with Crippen LogP contribution in [-0.2, 0) is 4.79 Å². The van der Waals surface area contributed by atoms with Crippen molar-refractivity contribution in [2.24, 2.45) is 0 Å². The number of anilines is 3. The molecule has 1 atom stereocenters. The molecule has 0 fully saturated rings. The summed E-state index contributed by atoms with van der Waals surface area (Å²) in [6, 6.07) is 24.5. The molecular weight excluding hydrogens is 509 g/mol. The maximum Gasteiger partial charge on any atom is 0.244 e. The van der Waals surface area contributed by atoms with E-state index in [1.807, 2.05) is 79.0 Å². The number of Topliss-reactive ketones (excluding diaryl/α,β-unsaturated/α-hetero) is 1. The Morgan fingerprint density at radius 2 is 1.64 bits per heavy atom. The molecule has 6 nitrogen and oxygen atoms in total. The van der Waals surface area contributed by atoms with E-state index in [0.717, 1.165) is 27.5 Å². The maximum absolute atomic E-state index is 13.2. The number of aromatic nitrogens is 1. The van der Waals surface area contributed by atoms with Crippen molar-refractivity contribution in [3.8, 4) is 0 Å². The van der Waals surface area contributed by atoms with Crippen LogP contribution in [-0.4, -0.2) is 21.8 Å². The van der Waals surface area contributed by atoms with Gasteiger partial charge in [0.15, 0.2) is 16.0 Å². The number of nitrogens with zero attached hydrogens (tertiary/aromatic N) is 1. The standard InChI is InChI=1S/C27H24N4O2S3/c1-17-16-35-27(28-17)31-25(33)24(20-7-4-3-5-8-20)36-23-10-6-9-22(15-23)30-26(34)29-21-13-11-19(12-14-21)18(2)32/h3-16,24H,1-2H3,(H,28,31,33)(H2,29,30,34). The molecule has 1 aromatic heterocycles. The minimum absolute atomic E-state index is 0.0146. The number of rotatable bonds is 8. The summed E-state index contributed by atoms with van der Waals surface area (Å²) in [6.45, 7) is 3.43. The van der Waals surface area contributed by atoms with Crippen LogP contribution in [0.3, 0.4) is 0 Å². The van der Waals surface area contributed by atoms with E-state index in [-0.39, 0.29) is 11.7 Å². The third-order valence-corrected chi connectivity index (χ3v) is 7.41. The van der Waals surface area contributed by atoms with Gasteiger partial charge in [-0.2, -0.15) is 0 Å². The molecule has 0 spiro atoms. The van der Waals surface area contributed by atoms with Crippen LogP contribution in [0.5, 0.6) is 0 Å². The van der Waals surface area contributed by atoms with Gasteiger partial charge in [-0.25, -0.2) is 4.98 Å².